The molecule has 0 aliphatic carbocycles. The molecule has 0 atom stereocenters. The van der Waals surface area contributed by atoms with Crippen LogP contribution in [-0.4, -0.2) is 40.5 Å². The Kier molecular flexibility index (Phi) is 4.89. The van der Waals surface area contributed by atoms with Gasteiger partial charge in [0.25, 0.3) is 0 Å². The fourth-order valence-electron chi connectivity index (χ4n) is 1.29. The minimum absolute atomic E-state index is 0.0180. The molecule has 0 fully saturated rings. The molecule has 0 bridgehead atoms. The summed E-state index contributed by atoms with van der Waals surface area (Å²) in [4.78, 5) is 1.84. The van der Waals surface area contributed by atoms with Crippen molar-refractivity contribution < 1.29 is 9.52 Å². The van der Waals surface area contributed by atoms with E-state index in [1.165, 1.54) is 0 Å². The molecule has 0 unspecified atom stereocenters. The molecule has 1 aromatic rings. The molecule has 0 saturated carbocycles. The van der Waals surface area contributed by atoms with E-state index in [1.54, 1.807) is 0 Å². The average molecular weight is 242 g/mol. The lowest BCUT2D eigenvalue weighted by Crippen LogP contribution is -2.35. The summed E-state index contributed by atoms with van der Waals surface area (Å²) in [7, 11) is 0. The van der Waals surface area contributed by atoms with E-state index in [0.717, 1.165) is 6.54 Å². The zero-order valence-corrected chi connectivity index (χ0v) is 11.0. The van der Waals surface area contributed by atoms with Crippen molar-refractivity contribution in [1.82, 2.24) is 15.5 Å². The van der Waals surface area contributed by atoms with Crippen LogP contribution in [0.3, 0.4) is 0 Å². The topological polar surface area (TPSA) is 74.4 Å². The molecule has 0 aliphatic heterocycles. The normalized spacial score (nSPS) is 11.8. The first-order valence-corrected chi connectivity index (χ1v) is 5.89. The van der Waals surface area contributed by atoms with Gasteiger partial charge >= 0.3 is 6.01 Å². The first-order chi connectivity index (χ1) is 7.96. The van der Waals surface area contributed by atoms with Crippen LogP contribution in [0.4, 0.5) is 6.01 Å². The van der Waals surface area contributed by atoms with E-state index >= 15 is 0 Å². The van der Waals surface area contributed by atoms with Crippen LogP contribution in [0.2, 0.25) is 0 Å². The second kappa shape index (κ2) is 5.97. The molecule has 0 spiro atoms. The van der Waals surface area contributed by atoms with Gasteiger partial charge in [-0.05, 0) is 27.7 Å². The van der Waals surface area contributed by atoms with Gasteiger partial charge in [-0.1, -0.05) is 5.10 Å². The maximum atomic E-state index is 8.90. The van der Waals surface area contributed by atoms with Crippen molar-refractivity contribution in [3.05, 3.63) is 5.89 Å². The van der Waals surface area contributed by atoms with Gasteiger partial charge in [-0.2, -0.15) is 0 Å². The van der Waals surface area contributed by atoms with Gasteiger partial charge in [-0.15, -0.1) is 5.10 Å². The molecule has 1 heterocycles. The van der Waals surface area contributed by atoms with Crippen molar-refractivity contribution in [2.24, 2.45) is 0 Å². The molecular formula is C11H22N4O2. The van der Waals surface area contributed by atoms with Crippen molar-refractivity contribution in [2.45, 2.75) is 39.8 Å². The monoisotopic (exact) mass is 242 g/mol. The van der Waals surface area contributed by atoms with Crippen LogP contribution in [0.25, 0.3) is 0 Å². The third kappa shape index (κ3) is 4.70. The zero-order chi connectivity index (χ0) is 12.9. The average Bonchev–Trinajstić information content (AvgIpc) is 2.70. The number of likely N-dealkylation sites (N-methyl/N-ethyl adjacent to an activating group) is 1. The van der Waals surface area contributed by atoms with Gasteiger partial charge in [-0.3, -0.25) is 0 Å². The fraction of sp³-hybridized carbons (Fsp3) is 0.818. The molecule has 0 radical (unpaired) electrons. The van der Waals surface area contributed by atoms with Crippen LogP contribution in [-0.2, 0) is 6.54 Å². The summed E-state index contributed by atoms with van der Waals surface area (Å²) in [6, 6.07) is 0.465. The van der Waals surface area contributed by atoms with Gasteiger partial charge < -0.3 is 19.7 Å². The number of aromatic nitrogens is 2. The van der Waals surface area contributed by atoms with Gasteiger partial charge in [-0.25, -0.2) is 0 Å². The Morgan fingerprint density at radius 3 is 2.59 bits per heavy atom. The summed E-state index contributed by atoms with van der Waals surface area (Å²) in [5.41, 5.74) is 0.0180. The summed E-state index contributed by atoms with van der Waals surface area (Å²) in [6.07, 6.45) is 0. The quantitative estimate of drug-likeness (QED) is 0.767. The smallest absolute Gasteiger partial charge is 0.318 e. The van der Waals surface area contributed by atoms with Crippen molar-refractivity contribution in [3.8, 4) is 0 Å². The standard InChI is InChI=1S/C11H22N4O2/c1-5-15(6-7-16)10-14-13-9(17-10)8-12-11(2,3)4/h12,16H,5-8H2,1-4H3. The Labute approximate surface area is 102 Å². The molecule has 0 aromatic carbocycles. The summed E-state index contributed by atoms with van der Waals surface area (Å²) in [5, 5.41) is 20.1. The highest BCUT2D eigenvalue weighted by Crippen LogP contribution is 2.12. The lowest BCUT2D eigenvalue weighted by atomic mass is 10.1. The highest BCUT2D eigenvalue weighted by molar-refractivity contribution is 5.23. The van der Waals surface area contributed by atoms with Gasteiger partial charge in [0.1, 0.15) is 0 Å². The molecule has 0 amide bonds. The molecule has 98 valence electrons. The molecular weight excluding hydrogens is 220 g/mol. The second-order valence-corrected chi connectivity index (χ2v) is 4.89. The van der Waals surface area contributed by atoms with E-state index in [2.05, 4.69) is 36.3 Å². The molecule has 0 aliphatic rings. The lowest BCUT2D eigenvalue weighted by Gasteiger charge is -2.19. The molecule has 0 saturated heterocycles. The van der Waals surface area contributed by atoms with E-state index in [9.17, 15) is 0 Å². The van der Waals surface area contributed by atoms with Gasteiger partial charge in [0, 0.05) is 18.6 Å². The number of hydrogen-bond donors (Lipinski definition) is 2. The minimum atomic E-state index is 0.0180. The molecule has 1 aromatic heterocycles. The number of rotatable bonds is 6. The maximum Gasteiger partial charge on any atom is 0.318 e. The Morgan fingerprint density at radius 2 is 2.06 bits per heavy atom. The maximum absolute atomic E-state index is 8.90. The molecule has 2 N–H and O–H groups in total. The molecule has 1 rings (SSSR count). The summed E-state index contributed by atoms with van der Waals surface area (Å²) in [6.45, 7) is 10.1. The van der Waals surface area contributed by atoms with Crippen molar-refractivity contribution in [1.29, 1.82) is 0 Å². The first kappa shape index (κ1) is 13.9. The Morgan fingerprint density at radius 1 is 1.35 bits per heavy atom. The van der Waals surface area contributed by atoms with E-state index in [1.807, 2.05) is 11.8 Å². The van der Waals surface area contributed by atoms with Crippen LogP contribution in [0.5, 0.6) is 0 Å². The van der Waals surface area contributed by atoms with E-state index in [4.69, 9.17) is 9.52 Å². The van der Waals surface area contributed by atoms with Crippen LogP contribution in [0.1, 0.15) is 33.6 Å². The van der Waals surface area contributed by atoms with Crippen LogP contribution >= 0.6 is 0 Å². The number of hydrogen-bond acceptors (Lipinski definition) is 6. The first-order valence-electron chi connectivity index (χ1n) is 5.89. The Bertz CT molecular complexity index is 332. The van der Waals surface area contributed by atoms with Crippen LogP contribution in [0, 0.1) is 0 Å². The van der Waals surface area contributed by atoms with Crippen LogP contribution in [0.15, 0.2) is 4.42 Å². The van der Waals surface area contributed by atoms with Crippen molar-refractivity contribution in [2.75, 3.05) is 24.6 Å². The predicted molar refractivity (Wildman–Crippen MR) is 65.9 cm³/mol. The van der Waals surface area contributed by atoms with E-state index in [0.29, 0.717) is 25.0 Å². The molecule has 6 nitrogen and oxygen atoms in total. The highest BCUT2D eigenvalue weighted by Gasteiger charge is 2.14. The highest BCUT2D eigenvalue weighted by atomic mass is 16.4. The minimum Gasteiger partial charge on any atom is -0.407 e. The molecule has 6 heteroatoms. The molecule has 17 heavy (non-hydrogen) atoms. The number of anilines is 1. The second-order valence-electron chi connectivity index (χ2n) is 4.89. The van der Waals surface area contributed by atoms with Crippen molar-refractivity contribution >= 4 is 6.01 Å². The third-order valence-electron chi connectivity index (χ3n) is 2.25. The SMILES string of the molecule is CCN(CCO)c1nnc(CNC(C)(C)C)o1. The van der Waals surface area contributed by atoms with Crippen molar-refractivity contribution in [3.63, 3.8) is 0 Å². The zero-order valence-electron chi connectivity index (χ0n) is 11.0. The Balaban J connectivity index is 2.58. The van der Waals surface area contributed by atoms with E-state index in [-0.39, 0.29) is 12.1 Å². The summed E-state index contributed by atoms with van der Waals surface area (Å²) >= 11 is 0. The lowest BCUT2D eigenvalue weighted by molar-refractivity contribution is 0.298. The van der Waals surface area contributed by atoms with Gasteiger partial charge in [0.15, 0.2) is 0 Å². The predicted octanol–water partition coefficient (Wildman–Crippen LogP) is 0.776. The summed E-state index contributed by atoms with van der Waals surface area (Å²) < 4.78 is 5.51. The number of aliphatic hydroxyl groups excluding tert-OH is 1. The number of nitrogens with one attached hydrogen (secondary N) is 1. The number of nitrogens with zero attached hydrogens (tertiary/aromatic N) is 3. The summed E-state index contributed by atoms with van der Waals surface area (Å²) in [5.74, 6) is 0.561. The fourth-order valence-corrected chi connectivity index (χ4v) is 1.29. The van der Waals surface area contributed by atoms with Crippen LogP contribution < -0.4 is 10.2 Å². The Hall–Kier alpha value is -1.14. The largest absolute Gasteiger partial charge is 0.407 e. The third-order valence-corrected chi connectivity index (χ3v) is 2.25. The van der Waals surface area contributed by atoms with Gasteiger partial charge in [0.05, 0.1) is 13.2 Å². The number of aliphatic hydroxyl groups is 1. The van der Waals surface area contributed by atoms with Gasteiger partial charge in [0.2, 0.25) is 5.89 Å². The van der Waals surface area contributed by atoms with E-state index < -0.39 is 0 Å².